The third-order valence-corrected chi connectivity index (χ3v) is 5.59. The molecule has 3 N–H and O–H groups in total. The molecule has 3 heterocycles. The molecule has 0 unspecified atom stereocenters. The molecule has 0 amide bonds. The van der Waals surface area contributed by atoms with Crippen molar-refractivity contribution in [1.82, 2.24) is 14.9 Å². The van der Waals surface area contributed by atoms with Crippen molar-refractivity contribution < 1.29 is 31.4 Å². The van der Waals surface area contributed by atoms with Crippen LogP contribution in [0, 0.1) is 19.8 Å². The van der Waals surface area contributed by atoms with E-state index in [0.29, 0.717) is 16.8 Å². The Kier molecular flexibility index (Phi) is 16.3. The zero-order valence-corrected chi connectivity index (χ0v) is 24.2. The van der Waals surface area contributed by atoms with Crippen LogP contribution in [-0.4, -0.2) is 38.7 Å². The number of para-hydroxylation sites is 1. The van der Waals surface area contributed by atoms with E-state index >= 15 is 0 Å². The van der Waals surface area contributed by atoms with Gasteiger partial charge in [-0.1, -0.05) is 57.6 Å². The second kappa shape index (κ2) is 17.3. The van der Waals surface area contributed by atoms with E-state index in [2.05, 4.69) is 22.4 Å². The molecule has 1 aromatic carbocycles. The molecular weight excluding hydrogens is 600 g/mol. The van der Waals surface area contributed by atoms with Gasteiger partial charge in [-0.3, -0.25) is 0 Å². The number of hydrogen-bond acceptors (Lipinski definition) is 6. The summed E-state index contributed by atoms with van der Waals surface area (Å²) >= 11 is 0. The zero-order chi connectivity index (χ0) is 24.8. The van der Waals surface area contributed by atoms with E-state index in [1.165, 1.54) is 0 Å². The number of aryl methyl sites for hydroxylation is 2. The molecule has 0 spiro atoms. The maximum absolute atomic E-state index is 11.7. The minimum atomic E-state index is 0. The van der Waals surface area contributed by atoms with Crippen molar-refractivity contribution in [1.29, 1.82) is 0 Å². The maximum Gasteiger partial charge on any atom is 0.144 e. The van der Waals surface area contributed by atoms with E-state index in [1.807, 2.05) is 40.7 Å². The van der Waals surface area contributed by atoms with E-state index in [4.69, 9.17) is 5.21 Å². The Morgan fingerprint density at radius 3 is 2.35 bits per heavy atom. The molecule has 2 aliphatic heterocycles. The molecule has 1 saturated heterocycles. The molecule has 190 valence electrons. The van der Waals surface area contributed by atoms with Crippen LogP contribution in [0.4, 0.5) is 0 Å². The number of piperidine rings is 1. The monoisotopic (exact) mass is 641 g/mol. The van der Waals surface area contributed by atoms with Crippen LogP contribution in [-0.2, 0) is 34.0 Å². The number of nitrogens with zero attached hydrogens (tertiary/aromatic N) is 3. The third kappa shape index (κ3) is 8.59. The summed E-state index contributed by atoms with van der Waals surface area (Å²) in [5.41, 5.74) is 2.60. The van der Waals surface area contributed by atoms with Gasteiger partial charge in [0.05, 0.1) is 11.5 Å². The van der Waals surface area contributed by atoms with Crippen molar-refractivity contribution in [3.05, 3.63) is 64.2 Å². The molecule has 4 rings (SSSR count). The topological polar surface area (TPSA) is 99.7 Å². The predicted octanol–water partition coefficient (Wildman–Crippen LogP) is 4.69. The Hall–Kier alpha value is -2.11. The average Bonchev–Trinajstić information content (AvgIpc) is 2.88. The summed E-state index contributed by atoms with van der Waals surface area (Å²) in [5.74, 6) is 1.33. The first-order chi connectivity index (χ1) is 16.0. The van der Waals surface area contributed by atoms with Gasteiger partial charge in [0.1, 0.15) is 11.3 Å². The van der Waals surface area contributed by atoms with Crippen molar-refractivity contribution in [2.45, 2.75) is 73.3 Å². The first kappa shape index (κ1) is 31.9. The van der Waals surface area contributed by atoms with Crippen LogP contribution in [0.2, 0.25) is 0 Å². The van der Waals surface area contributed by atoms with Crippen LogP contribution in [0.15, 0.2) is 34.2 Å². The third-order valence-electron chi connectivity index (χ3n) is 5.59. The summed E-state index contributed by atoms with van der Waals surface area (Å²) in [7, 11) is 0. The van der Waals surface area contributed by atoms with E-state index in [-0.39, 0.29) is 38.3 Å². The number of nitrogens with one attached hydrogen (secondary N) is 1. The first-order valence-corrected chi connectivity index (χ1v) is 12.2. The van der Waals surface area contributed by atoms with Gasteiger partial charge in [-0.25, -0.2) is 0 Å². The second-order valence-corrected chi connectivity index (χ2v) is 7.53. The van der Waals surface area contributed by atoms with Crippen molar-refractivity contribution in [2.75, 3.05) is 13.1 Å². The molecule has 2 aliphatic rings. The largest absolute Gasteiger partial charge is 0.507 e. The van der Waals surface area contributed by atoms with E-state index in [1.54, 1.807) is 22.8 Å². The van der Waals surface area contributed by atoms with E-state index in [9.17, 15) is 9.90 Å². The van der Waals surface area contributed by atoms with Gasteiger partial charge in [0.15, 0.2) is 0 Å². The first-order valence-electron chi connectivity index (χ1n) is 12.2. The number of oxime groups is 1. The number of phenols is 1. The van der Waals surface area contributed by atoms with Crippen molar-refractivity contribution in [3.8, 4) is 5.75 Å². The zero-order valence-electron chi connectivity index (χ0n) is 21.3. The Balaban J connectivity index is 0.000000552. The standard InChI is InChI=1S/C12H16N2O2.C10H13N2O.2C2H6.W/c15-11-4-2-1-3-10(11)12(14-16)9-5-7-13-8-6-9;1-7-8(2)11-9-5-3-4-6-12(9)10(7)13;2*1-2;/h1-4,9,13,15-16H,5-8H2;1,3-6H2,2H3;2*1-2H3;/q;-1;;;/b14-12+;;;;. The van der Waals surface area contributed by atoms with Gasteiger partial charge in [0.25, 0.3) is 0 Å². The summed E-state index contributed by atoms with van der Waals surface area (Å²) in [6, 6.07) is 6.99. The summed E-state index contributed by atoms with van der Waals surface area (Å²) in [4.78, 5) is 16.1. The average molecular weight is 641 g/mol. The minimum Gasteiger partial charge on any atom is -0.507 e. The Bertz CT molecular complexity index is 938. The number of rotatable bonds is 2. The second-order valence-electron chi connectivity index (χ2n) is 7.53. The molecule has 0 aliphatic carbocycles. The fraction of sp³-hybridized carbons (Fsp3) is 0.538. The van der Waals surface area contributed by atoms with Gasteiger partial charge in [-0.15, -0.1) is 5.56 Å². The molecule has 34 heavy (non-hydrogen) atoms. The molecule has 0 radical (unpaired) electrons. The molecule has 0 bridgehead atoms. The van der Waals surface area contributed by atoms with Gasteiger partial charge in [0, 0.05) is 45.5 Å². The maximum atomic E-state index is 11.7. The molecular formula is C26H41N4O3W-. The van der Waals surface area contributed by atoms with E-state index in [0.717, 1.165) is 63.3 Å². The van der Waals surface area contributed by atoms with Crippen LogP contribution in [0.1, 0.15) is 76.0 Å². The van der Waals surface area contributed by atoms with Gasteiger partial charge in [-0.2, -0.15) is 6.92 Å². The van der Waals surface area contributed by atoms with Crippen LogP contribution < -0.4 is 10.9 Å². The molecule has 1 fully saturated rings. The van der Waals surface area contributed by atoms with Gasteiger partial charge >= 0.3 is 0 Å². The molecule has 7 nitrogen and oxygen atoms in total. The summed E-state index contributed by atoms with van der Waals surface area (Å²) in [6.07, 6.45) is 5.03. The quantitative estimate of drug-likeness (QED) is 0.191. The van der Waals surface area contributed by atoms with Gasteiger partial charge < -0.3 is 30.0 Å². The predicted molar refractivity (Wildman–Crippen MR) is 135 cm³/mol. The summed E-state index contributed by atoms with van der Waals surface area (Å²) < 4.78 is 1.76. The molecule has 1 aromatic heterocycles. The van der Waals surface area contributed by atoms with Gasteiger partial charge in [-0.05, 0) is 50.9 Å². The molecule has 2 aromatic rings. The Labute approximate surface area is 219 Å². The minimum absolute atomic E-state index is 0. The SMILES string of the molecule is CC.CC.O/N=C(/c1ccccc1O)C1CCNCC1.[CH2-]c1c(C)nc2n(c1=O)CCCC2.[W]. The normalized spacial score (nSPS) is 15.0. The Morgan fingerprint density at radius 2 is 1.76 bits per heavy atom. The van der Waals surface area contributed by atoms with Crippen LogP contribution in [0.25, 0.3) is 0 Å². The molecule has 0 atom stereocenters. The summed E-state index contributed by atoms with van der Waals surface area (Å²) in [6.45, 7) is 16.2. The Morgan fingerprint density at radius 1 is 1.15 bits per heavy atom. The number of benzene rings is 1. The van der Waals surface area contributed by atoms with Crippen molar-refractivity contribution in [2.24, 2.45) is 11.1 Å². The van der Waals surface area contributed by atoms with Crippen molar-refractivity contribution >= 4 is 5.71 Å². The van der Waals surface area contributed by atoms with Crippen LogP contribution in [0.5, 0.6) is 5.75 Å². The number of phenolic OH excluding ortho intramolecular Hbond substituents is 1. The molecule has 8 heteroatoms. The van der Waals surface area contributed by atoms with Gasteiger partial charge in [0.2, 0.25) is 0 Å². The fourth-order valence-electron chi connectivity index (χ4n) is 3.87. The fourth-order valence-corrected chi connectivity index (χ4v) is 3.87. The van der Waals surface area contributed by atoms with Crippen molar-refractivity contribution in [3.63, 3.8) is 0 Å². The number of hydrogen-bond donors (Lipinski definition) is 3. The molecule has 0 saturated carbocycles. The smallest absolute Gasteiger partial charge is 0.144 e. The summed E-state index contributed by atoms with van der Waals surface area (Å²) in [5, 5.41) is 25.5. The van der Waals surface area contributed by atoms with Crippen LogP contribution in [0.3, 0.4) is 0 Å². The van der Waals surface area contributed by atoms with Crippen LogP contribution >= 0.6 is 0 Å². The number of aromatic hydroxyl groups is 1. The number of fused-ring (bicyclic) bond motifs is 1. The number of aromatic nitrogens is 2. The van der Waals surface area contributed by atoms with E-state index < -0.39 is 0 Å².